The number of rotatable bonds is 1. The van der Waals surface area contributed by atoms with Gasteiger partial charge in [0, 0.05) is 35.7 Å². The summed E-state index contributed by atoms with van der Waals surface area (Å²) in [5.41, 5.74) is 2.34. The summed E-state index contributed by atoms with van der Waals surface area (Å²) in [5.74, 6) is 0. The number of anilines is 1. The van der Waals surface area contributed by atoms with E-state index in [-0.39, 0.29) is 11.6 Å². The van der Waals surface area contributed by atoms with Crippen LogP contribution in [-0.4, -0.2) is 29.0 Å². The summed E-state index contributed by atoms with van der Waals surface area (Å²) in [6.45, 7) is 3.54. The molecule has 5 nitrogen and oxygen atoms in total. The third-order valence-electron chi connectivity index (χ3n) is 3.69. The van der Waals surface area contributed by atoms with Crippen LogP contribution in [0.5, 0.6) is 0 Å². The zero-order valence-electron chi connectivity index (χ0n) is 11.4. The van der Waals surface area contributed by atoms with Gasteiger partial charge < -0.3 is 15.2 Å². The number of amides is 2. The number of fused-ring (bicyclic) bond motifs is 1. The Bertz CT molecular complexity index is 715. The Morgan fingerprint density at radius 1 is 1.25 bits per heavy atom. The average Bonchev–Trinajstić information content (AvgIpc) is 2.93. The fourth-order valence-corrected chi connectivity index (χ4v) is 2.62. The zero-order valence-corrected chi connectivity index (χ0v) is 11.4. The summed E-state index contributed by atoms with van der Waals surface area (Å²) in [6.07, 6.45) is 2.15. The highest BCUT2D eigenvalue weighted by Gasteiger charge is 2.17. The van der Waals surface area contributed by atoms with Gasteiger partial charge in [-0.15, -0.1) is 0 Å². The predicted octanol–water partition coefficient (Wildman–Crippen LogP) is 2.46. The number of aromatic amines is 1. The molecular formula is C15H17N3O2. The molecule has 0 aliphatic carbocycles. The van der Waals surface area contributed by atoms with Gasteiger partial charge in [-0.25, -0.2) is 4.79 Å². The van der Waals surface area contributed by atoms with Crippen LogP contribution in [-0.2, 0) is 0 Å². The number of benzene rings is 1. The van der Waals surface area contributed by atoms with Gasteiger partial charge in [0.2, 0.25) is 5.56 Å². The minimum Gasteiger partial charge on any atom is -0.325 e. The number of H-pyrrole nitrogens is 1. The number of carbonyl (C=O) groups excluding carboxylic acids is 1. The Hall–Kier alpha value is -2.30. The van der Waals surface area contributed by atoms with Crippen molar-refractivity contribution in [1.29, 1.82) is 0 Å². The lowest BCUT2D eigenvalue weighted by molar-refractivity contribution is 0.222. The van der Waals surface area contributed by atoms with Crippen LogP contribution in [0.2, 0.25) is 0 Å². The van der Waals surface area contributed by atoms with E-state index >= 15 is 0 Å². The predicted molar refractivity (Wildman–Crippen MR) is 79.1 cm³/mol. The largest absolute Gasteiger partial charge is 0.325 e. The van der Waals surface area contributed by atoms with Crippen molar-refractivity contribution in [3.63, 3.8) is 0 Å². The summed E-state index contributed by atoms with van der Waals surface area (Å²) in [6, 6.07) is 7.04. The molecule has 0 unspecified atom stereocenters. The molecule has 1 aliphatic rings. The van der Waals surface area contributed by atoms with Crippen molar-refractivity contribution < 1.29 is 4.79 Å². The average molecular weight is 271 g/mol. The minimum atomic E-state index is -0.108. The quantitative estimate of drug-likeness (QED) is 0.836. The van der Waals surface area contributed by atoms with Crippen molar-refractivity contribution in [3.05, 3.63) is 40.2 Å². The first-order chi connectivity index (χ1) is 9.63. The molecular weight excluding hydrogens is 254 g/mol. The van der Waals surface area contributed by atoms with Crippen molar-refractivity contribution >= 4 is 22.6 Å². The van der Waals surface area contributed by atoms with Crippen LogP contribution >= 0.6 is 0 Å². The number of likely N-dealkylation sites (tertiary alicyclic amines) is 1. The molecule has 1 aromatic heterocycles. The highest BCUT2D eigenvalue weighted by Crippen LogP contribution is 2.20. The van der Waals surface area contributed by atoms with E-state index in [0.29, 0.717) is 0 Å². The summed E-state index contributed by atoms with van der Waals surface area (Å²) in [4.78, 5) is 28.1. The highest BCUT2D eigenvalue weighted by molar-refractivity contribution is 5.93. The van der Waals surface area contributed by atoms with E-state index in [4.69, 9.17) is 0 Å². The molecule has 0 radical (unpaired) electrons. The highest BCUT2D eigenvalue weighted by atomic mass is 16.2. The number of urea groups is 1. The molecule has 2 aromatic rings. The summed E-state index contributed by atoms with van der Waals surface area (Å²) in [5, 5.41) is 3.86. The van der Waals surface area contributed by atoms with Crippen LogP contribution in [0.15, 0.2) is 29.1 Å². The van der Waals surface area contributed by atoms with Gasteiger partial charge in [-0.2, -0.15) is 0 Å². The lowest BCUT2D eigenvalue weighted by Crippen LogP contribution is -2.32. The lowest BCUT2D eigenvalue weighted by atomic mass is 10.1. The van der Waals surface area contributed by atoms with Gasteiger partial charge >= 0.3 is 6.03 Å². The molecule has 0 atom stereocenters. The van der Waals surface area contributed by atoms with Gasteiger partial charge in [0.25, 0.3) is 0 Å². The van der Waals surface area contributed by atoms with Crippen molar-refractivity contribution in [2.24, 2.45) is 0 Å². The minimum absolute atomic E-state index is 0.0519. The van der Waals surface area contributed by atoms with E-state index in [9.17, 15) is 9.59 Å². The molecule has 1 aromatic carbocycles. The maximum absolute atomic E-state index is 12.0. The Morgan fingerprint density at radius 2 is 2.00 bits per heavy atom. The van der Waals surface area contributed by atoms with Gasteiger partial charge in [0.15, 0.2) is 0 Å². The van der Waals surface area contributed by atoms with E-state index in [1.165, 1.54) is 0 Å². The van der Waals surface area contributed by atoms with Gasteiger partial charge in [-0.1, -0.05) is 0 Å². The molecule has 2 heterocycles. The second kappa shape index (κ2) is 5.00. The summed E-state index contributed by atoms with van der Waals surface area (Å²) < 4.78 is 0. The molecule has 5 heteroatoms. The smallest absolute Gasteiger partial charge is 0.321 e. The number of pyridine rings is 1. The molecule has 2 amide bonds. The van der Waals surface area contributed by atoms with E-state index in [2.05, 4.69) is 10.3 Å². The van der Waals surface area contributed by atoms with Crippen LogP contribution in [0.3, 0.4) is 0 Å². The van der Waals surface area contributed by atoms with Crippen LogP contribution < -0.4 is 10.9 Å². The normalized spacial score (nSPS) is 14.8. The maximum Gasteiger partial charge on any atom is 0.321 e. The number of hydrogen-bond donors (Lipinski definition) is 2. The second-order valence-electron chi connectivity index (χ2n) is 5.20. The van der Waals surface area contributed by atoms with E-state index in [1.807, 2.05) is 30.0 Å². The fraction of sp³-hybridized carbons (Fsp3) is 0.333. The first-order valence-corrected chi connectivity index (χ1v) is 6.83. The van der Waals surface area contributed by atoms with Gasteiger partial charge in [-0.05, 0) is 43.5 Å². The van der Waals surface area contributed by atoms with E-state index < -0.39 is 0 Å². The third-order valence-corrected chi connectivity index (χ3v) is 3.69. The van der Waals surface area contributed by atoms with Crippen LogP contribution in [0.1, 0.15) is 18.4 Å². The molecule has 1 aliphatic heterocycles. The van der Waals surface area contributed by atoms with Gasteiger partial charge in [0.1, 0.15) is 0 Å². The Morgan fingerprint density at radius 3 is 2.75 bits per heavy atom. The molecule has 0 saturated carbocycles. The van der Waals surface area contributed by atoms with E-state index in [1.54, 1.807) is 6.07 Å². The fourth-order valence-electron chi connectivity index (χ4n) is 2.62. The molecule has 104 valence electrons. The number of aromatic nitrogens is 1. The number of nitrogens with zero attached hydrogens (tertiary/aromatic N) is 1. The van der Waals surface area contributed by atoms with Crippen LogP contribution in [0, 0.1) is 6.92 Å². The molecule has 1 saturated heterocycles. The summed E-state index contributed by atoms with van der Waals surface area (Å²) >= 11 is 0. The first kappa shape index (κ1) is 12.7. The first-order valence-electron chi connectivity index (χ1n) is 6.83. The SMILES string of the molecule is Cc1cc(=O)[nH]c2ccc(NC(=O)N3CCCC3)cc12. The molecule has 3 rings (SSSR count). The lowest BCUT2D eigenvalue weighted by Gasteiger charge is -2.16. The van der Waals surface area contributed by atoms with Crippen molar-refractivity contribution in [1.82, 2.24) is 9.88 Å². The Labute approximate surface area is 116 Å². The summed E-state index contributed by atoms with van der Waals surface area (Å²) in [7, 11) is 0. The van der Waals surface area contributed by atoms with Crippen molar-refractivity contribution in [2.45, 2.75) is 19.8 Å². The number of hydrogen-bond acceptors (Lipinski definition) is 2. The zero-order chi connectivity index (χ0) is 14.1. The number of carbonyl (C=O) groups is 1. The third kappa shape index (κ3) is 2.39. The number of aryl methyl sites for hydroxylation is 1. The topological polar surface area (TPSA) is 65.2 Å². The molecule has 20 heavy (non-hydrogen) atoms. The Kier molecular flexibility index (Phi) is 3.18. The second-order valence-corrected chi connectivity index (χ2v) is 5.20. The molecule has 2 N–H and O–H groups in total. The standard InChI is InChI=1S/C15H17N3O2/c1-10-8-14(19)17-13-5-4-11(9-12(10)13)16-15(20)18-6-2-3-7-18/h4-5,8-9H,2-3,6-7H2,1H3,(H,16,20)(H,17,19). The molecule has 0 bridgehead atoms. The molecule has 0 spiro atoms. The maximum atomic E-state index is 12.0. The Balaban J connectivity index is 1.89. The van der Waals surface area contributed by atoms with Crippen LogP contribution in [0.25, 0.3) is 10.9 Å². The van der Waals surface area contributed by atoms with Gasteiger partial charge in [0.05, 0.1) is 0 Å². The van der Waals surface area contributed by atoms with Crippen molar-refractivity contribution in [2.75, 3.05) is 18.4 Å². The van der Waals surface area contributed by atoms with Gasteiger partial charge in [-0.3, -0.25) is 4.79 Å². The van der Waals surface area contributed by atoms with Crippen molar-refractivity contribution in [3.8, 4) is 0 Å². The monoisotopic (exact) mass is 271 g/mol. The van der Waals surface area contributed by atoms with Crippen LogP contribution in [0.4, 0.5) is 10.5 Å². The molecule has 1 fully saturated rings. The van der Waals surface area contributed by atoms with E-state index in [0.717, 1.165) is 48.1 Å². The number of nitrogens with one attached hydrogen (secondary N) is 2.